The van der Waals surface area contributed by atoms with Crippen LogP contribution in [0.4, 0.5) is 0 Å². The van der Waals surface area contributed by atoms with Gasteiger partial charge in [-0.15, -0.1) is 0 Å². The molecule has 3 rings (SSSR count). The molecule has 0 heterocycles. The Morgan fingerprint density at radius 1 is 0.933 bits per heavy atom. The number of hydrogen-bond donors (Lipinski definition) is 2. The lowest BCUT2D eigenvalue weighted by atomic mass is 9.89. The minimum atomic E-state index is 0.489. The molecule has 0 aromatic rings. The van der Waals surface area contributed by atoms with Crippen molar-refractivity contribution in [3.8, 4) is 0 Å². The van der Waals surface area contributed by atoms with Crippen LogP contribution in [-0.2, 0) is 0 Å². The van der Waals surface area contributed by atoms with Gasteiger partial charge in [-0.3, -0.25) is 0 Å². The van der Waals surface area contributed by atoms with Crippen LogP contribution in [0, 0.1) is 11.8 Å². The van der Waals surface area contributed by atoms with Crippen LogP contribution in [0.25, 0.3) is 0 Å². The Morgan fingerprint density at radius 3 is 2.53 bits per heavy atom. The zero-order valence-electron chi connectivity index (χ0n) is 9.62. The summed E-state index contributed by atoms with van der Waals surface area (Å²) in [6, 6.07) is 2.14. The van der Waals surface area contributed by atoms with Crippen LogP contribution in [0.5, 0.6) is 0 Å². The lowest BCUT2D eigenvalue weighted by Gasteiger charge is -2.32. The number of fused-ring (bicyclic) bond motifs is 1. The molecule has 0 bridgehead atoms. The largest absolute Gasteiger partial charge is 0.328 e. The van der Waals surface area contributed by atoms with E-state index in [1.807, 2.05) is 0 Å². The van der Waals surface area contributed by atoms with Gasteiger partial charge in [-0.2, -0.15) is 0 Å². The van der Waals surface area contributed by atoms with E-state index in [4.69, 9.17) is 5.73 Å². The summed E-state index contributed by atoms with van der Waals surface area (Å²) in [5.41, 5.74) is 5.94. The van der Waals surface area contributed by atoms with Gasteiger partial charge in [-0.05, 0) is 50.4 Å². The Hall–Kier alpha value is -0.0800. The second-order valence-corrected chi connectivity index (χ2v) is 5.98. The first-order chi connectivity index (χ1) is 7.33. The first kappa shape index (κ1) is 10.1. The van der Waals surface area contributed by atoms with Gasteiger partial charge in [0.1, 0.15) is 0 Å². The van der Waals surface area contributed by atoms with Crippen LogP contribution < -0.4 is 11.1 Å². The zero-order chi connectivity index (χ0) is 10.3. The second-order valence-electron chi connectivity index (χ2n) is 5.98. The third-order valence-electron chi connectivity index (χ3n) is 4.81. The van der Waals surface area contributed by atoms with Gasteiger partial charge in [-0.25, -0.2) is 0 Å². The van der Waals surface area contributed by atoms with Crippen LogP contribution in [0.1, 0.15) is 51.4 Å². The zero-order valence-corrected chi connectivity index (χ0v) is 9.62. The summed E-state index contributed by atoms with van der Waals surface area (Å²) in [6.07, 6.45) is 11.0. The van der Waals surface area contributed by atoms with Crippen molar-refractivity contribution < 1.29 is 0 Å². The molecule has 3 aliphatic carbocycles. The molecule has 1 unspecified atom stereocenters. The van der Waals surface area contributed by atoms with Crippen molar-refractivity contribution >= 4 is 0 Å². The van der Waals surface area contributed by atoms with E-state index >= 15 is 0 Å². The van der Waals surface area contributed by atoms with Crippen LogP contribution in [-0.4, -0.2) is 18.1 Å². The first-order valence-corrected chi connectivity index (χ1v) is 6.84. The van der Waals surface area contributed by atoms with E-state index in [1.54, 1.807) is 0 Å². The summed E-state index contributed by atoms with van der Waals surface area (Å²) < 4.78 is 0. The van der Waals surface area contributed by atoms with Gasteiger partial charge in [0.25, 0.3) is 0 Å². The highest BCUT2D eigenvalue weighted by Gasteiger charge is 2.45. The van der Waals surface area contributed by atoms with Crippen molar-refractivity contribution in [2.24, 2.45) is 17.6 Å². The van der Waals surface area contributed by atoms with Gasteiger partial charge in [0.2, 0.25) is 0 Å². The second kappa shape index (κ2) is 4.06. The Labute approximate surface area is 93.0 Å². The molecule has 3 fully saturated rings. The maximum atomic E-state index is 5.94. The Bertz CT molecular complexity index is 221. The molecule has 2 nitrogen and oxygen atoms in total. The van der Waals surface area contributed by atoms with Gasteiger partial charge >= 0.3 is 0 Å². The van der Waals surface area contributed by atoms with E-state index in [0.717, 1.165) is 23.9 Å². The summed E-state index contributed by atoms with van der Waals surface area (Å²) >= 11 is 0. The van der Waals surface area contributed by atoms with E-state index in [1.165, 1.54) is 51.4 Å². The van der Waals surface area contributed by atoms with Gasteiger partial charge < -0.3 is 11.1 Å². The molecule has 0 aromatic carbocycles. The number of nitrogens with two attached hydrogens (primary N) is 1. The molecule has 86 valence electrons. The molecule has 3 N–H and O–H groups in total. The molecule has 3 saturated carbocycles. The summed E-state index contributed by atoms with van der Waals surface area (Å²) in [5.74, 6) is 2.15. The highest BCUT2D eigenvalue weighted by molar-refractivity contribution is 4.99. The average Bonchev–Trinajstić information content (AvgIpc) is 3.01. The molecule has 0 spiro atoms. The fourth-order valence-corrected chi connectivity index (χ4v) is 3.71. The van der Waals surface area contributed by atoms with Crippen molar-refractivity contribution in [2.75, 3.05) is 0 Å². The minimum Gasteiger partial charge on any atom is -0.328 e. The molecule has 3 aliphatic rings. The first-order valence-electron chi connectivity index (χ1n) is 6.84. The van der Waals surface area contributed by atoms with E-state index < -0.39 is 0 Å². The SMILES string of the molecule is NC1CCC(NC2CCC[C@@H]3C[C@H]23)CC1. The van der Waals surface area contributed by atoms with Crippen LogP contribution in [0.3, 0.4) is 0 Å². The van der Waals surface area contributed by atoms with E-state index in [0.29, 0.717) is 6.04 Å². The summed E-state index contributed by atoms with van der Waals surface area (Å²) in [4.78, 5) is 0. The van der Waals surface area contributed by atoms with Gasteiger partial charge in [-0.1, -0.05) is 12.8 Å². The standard InChI is InChI=1S/C13H24N2/c14-10-4-6-11(7-5-10)15-13-3-1-2-9-8-12(9)13/h9-13,15H,1-8,14H2/t9-,10?,11?,12+,13?/m1/s1. The maximum Gasteiger partial charge on any atom is 0.0101 e. The minimum absolute atomic E-state index is 0.489. The predicted octanol–water partition coefficient (Wildman–Crippen LogP) is 2.03. The average molecular weight is 208 g/mol. The molecule has 0 amide bonds. The van der Waals surface area contributed by atoms with E-state index in [2.05, 4.69) is 5.32 Å². The molecule has 0 radical (unpaired) electrons. The van der Waals surface area contributed by atoms with Crippen molar-refractivity contribution in [3.05, 3.63) is 0 Å². The molecular formula is C13H24N2. The third-order valence-corrected chi connectivity index (χ3v) is 4.81. The van der Waals surface area contributed by atoms with Crippen molar-refractivity contribution in [1.29, 1.82) is 0 Å². The monoisotopic (exact) mass is 208 g/mol. The summed E-state index contributed by atoms with van der Waals surface area (Å²) in [5, 5.41) is 3.91. The smallest absolute Gasteiger partial charge is 0.0101 e. The molecular weight excluding hydrogens is 184 g/mol. The molecule has 0 aliphatic heterocycles. The predicted molar refractivity (Wildman–Crippen MR) is 62.6 cm³/mol. The molecule has 0 aromatic heterocycles. The van der Waals surface area contributed by atoms with Crippen molar-refractivity contribution in [2.45, 2.75) is 69.5 Å². The van der Waals surface area contributed by atoms with Crippen LogP contribution in [0.2, 0.25) is 0 Å². The fraction of sp³-hybridized carbons (Fsp3) is 1.00. The molecule has 15 heavy (non-hydrogen) atoms. The van der Waals surface area contributed by atoms with Gasteiger partial charge in [0, 0.05) is 18.1 Å². The summed E-state index contributed by atoms with van der Waals surface area (Å²) in [7, 11) is 0. The summed E-state index contributed by atoms with van der Waals surface area (Å²) in [6.45, 7) is 0. The van der Waals surface area contributed by atoms with Gasteiger partial charge in [0.05, 0.1) is 0 Å². The van der Waals surface area contributed by atoms with Crippen LogP contribution in [0.15, 0.2) is 0 Å². The number of rotatable bonds is 2. The van der Waals surface area contributed by atoms with Gasteiger partial charge in [0.15, 0.2) is 0 Å². The third kappa shape index (κ3) is 2.21. The number of nitrogens with one attached hydrogen (secondary N) is 1. The molecule has 3 atom stereocenters. The topological polar surface area (TPSA) is 38.0 Å². The molecule has 0 saturated heterocycles. The normalized spacial score (nSPS) is 49.8. The van der Waals surface area contributed by atoms with Crippen LogP contribution >= 0.6 is 0 Å². The Balaban J connectivity index is 1.48. The maximum absolute atomic E-state index is 5.94. The van der Waals surface area contributed by atoms with Crippen molar-refractivity contribution in [1.82, 2.24) is 5.32 Å². The number of hydrogen-bond acceptors (Lipinski definition) is 2. The Morgan fingerprint density at radius 2 is 1.73 bits per heavy atom. The Kier molecular flexibility index (Phi) is 2.73. The van der Waals surface area contributed by atoms with Crippen molar-refractivity contribution in [3.63, 3.8) is 0 Å². The highest BCUT2D eigenvalue weighted by atomic mass is 15.0. The van der Waals surface area contributed by atoms with E-state index in [9.17, 15) is 0 Å². The van der Waals surface area contributed by atoms with E-state index in [-0.39, 0.29) is 0 Å². The fourth-order valence-electron chi connectivity index (χ4n) is 3.71. The lowest BCUT2D eigenvalue weighted by molar-refractivity contribution is 0.269. The quantitative estimate of drug-likeness (QED) is 0.729. The lowest BCUT2D eigenvalue weighted by Crippen LogP contribution is -2.44. The highest BCUT2D eigenvalue weighted by Crippen LogP contribution is 2.49. The molecule has 2 heteroatoms.